The van der Waals surface area contributed by atoms with Gasteiger partial charge in [0, 0.05) is 6.04 Å². The molecule has 0 saturated carbocycles. The van der Waals surface area contributed by atoms with Gasteiger partial charge in [-0.2, -0.15) is 0 Å². The molecular formula is C15H25N. The van der Waals surface area contributed by atoms with Crippen LogP contribution in [-0.4, -0.2) is 12.6 Å². The monoisotopic (exact) mass is 219 g/mol. The fourth-order valence-electron chi connectivity index (χ4n) is 1.84. The minimum atomic E-state index is 0.629. The maximum absolute atomic E-state index is 3.45. The van der Waals surface area contributed by atoms with Crippen LogP contribution in [0.25, 0.3) is 0 Å². The van der Waals surface area contributed by atoms with Crippen molar-refractivity contribution in [1.29, 1.82) is 0 Å². The van der Waals surface area contributed by atoms with E-state index < -0.39 is 0 Å². The van der Waals surface area contributed by atoms with Gasteiger partial charge < -0.3 is 5.32 Å². The molecule has 16 heavy (non-hydrogen) atoms. The Morgan fingerprint density at radius 1 is 0.938 bits per heavy atom. The van der Waals surface area contributed by atoms with E-state index in [4.69, 9.17) is 0 Å². The highest BCUT2D eigenvalue weighted by molar-refractivity contribution is 5.14. The molecule has 1 N–H and O–H groups in total. The second-order valence-corrected chi connectivity index (χ2v) is 4.76. The molecule has 0 aliphatic heterocycles. The average molecular weight is 219 g/mol. The summed E-state index contributed by atoms with van der Waals surface area (Å²) >= 11 is 0. The van der Waals surface area contributed by atoms with Crippen molar-refractivity contribution in [1.82, 2.24) is 5.32 Å². The zero-order chi connectivity index (χ0) is 11.6. The number of rotatable bonds is 8. The van der Waals surface area contributed by atoms with Gasteiger partial charge in [-0.05, 0) is 31.4 Å². The predicted molar refractivity (Wildman–Crippen MR) is 71.8 cm³/mol. The molecular weight excluding hydrogens is 194 g/mol. The van der Waals surface area contributed by atoms with E-state index in [0.29, 0.717) is 6.04 Å². The van der Waals surface area contributed by atoms with Crippen LogP contribution in [0.5, 0.6) is 0 Å². The third-order valence-corrected chi connectivity index (χ3v) is 2.79. The molecule has 90 valence electrons. The smallest absolute Gasteiger partial charge is 0.00103 e. The van der Waals surface area contributed by atoms with Gasteiger partial charge in [0.15, 0.2) is 0 Å². The first-order valence-corrected chi connectivity index (χ1v) is 6.56. The maximum Gasteiger partial charge on any atom is 0.00103 e. The SMILES string of the molecule is CC(C)NCCCCCCc1ccccc1. The Balaban J connectivity index is 1.93. The molecule has 1 aromatic rings. The third kappa shape index (κ3) is 6.62. The molecule has 0 unspecified atom stereocenters. The van der Waals surface area contributed by atoms with Crippen LogP contribution >= 0.6 is 0 Å². The number of unbranched alkanes of at least 4 members (excludes halogenated alkanes) is 3. The Morgan fingerprint density at radius 2 is 1.62 bits per heavy atom. The Bertz CT molecular complexity index is 253. The van der Waals surface area contributed by atoms with Crippen molar-refractivity contribution in [2.75, 3.05) is 6.54 Å². The molecule has 0 aliphatic carbocycles. The minimum absolute atomic E-state index is 0.629. The quantitative estimate of drug-likeness (QED) is 0.656. The first-order chi connectivity index (χ1) is 7.79. The Hall–Kier alpha value is -0.820. The molecule has 1 rings (SSSR count). The lowest BCUT2D eigenvalue weighted by molar-refractivity contribution is 0.542. The lowest BCUT2D eigenvalue weighted by Crippen LogP contribution is -2.23. The lowest BCUT2D eigenvalue weighted by Gasteiger charge is -2.07. The van der Waals surface area contributed by atoms with Crippen LogP contribution in [0.3, 0.4) is 0 Å². The van der Waals surface area contributed by atoms with Crippen molar-refractivity contribution in [2.24, 2.45) is 0 Å². The topological polar surface area (TPSA) is 12.0 Å². The molecule has 1 aromatic carbocycles. The summed E-state index contributed by atoms with van der Waals surface area (Å²) in [5.74, 6) is 0. The van der Waals surface area contributed by atoms with Gasteiger partial charge >= 0.3 is 0 Å². The summed E-state index contributed by atoms with van der Waals surface area (Å²) in [6.07, 6.45) is 6.58. The lowest BCUT2D eigenvalue weighted by atomic mass is 10.1. The number of hydrogen-bond acceptors (Lipinski definition) is 1. The van der Waals surface area contributed by atoms with Gasteiger partial charge in [0.2, 0.25) is 0 Å². The van der Waals surface area contributed by atoms with Gasteiger partial charge in [0.1, 0.15) is 0 Å². The fraction of sp³-hybridized carbons (Fsp3) is 0.600. The molecule has 0 spiro atoms. The van der Waals surface area contributed by atoms with Gasteiger partial charge in [0.05, 0.1) is 0 Å². The van der Waals surface area contributed by atoms with Crippen molar-refractivity contribution in [3.8, 4) is 0 Å². The molecule has 0 radical (unpaired) electrons. The van der Waals surface area contributed by atoms with E-state index in [0.717, 1.165) is 0 Å². The highest BCUT2D eigenvalue weighted by Gasteiger charge is 1.94. The summed E-state index contributed by atoms with van der Waals surface area (Å²) < 4.78 is 0. The molecule has 0 bridgehead atoms. The molecule has 1 heteroatoms. The van der Waals surface area contributed by atoms with Crippen LogP contribution in [0.1, 0.15) is 45.1 Å². The van der Waals surface area contributed by atoms with Gasteiger partial charge in [-0.25, -0.2) is 0 Å². The van der Waals surface area contributed by atoms with Crippen LogP contribution < -0.4 is 5.32 Å². The van der Waals surface area contributed by atoms with Crippen LogP contribution in [0, 0.1) is 0 Å². The molecule has 0 saturated heterocycles. The molecule has 0 amide bonds. The van der Waals surface area contributed by atoms with Gasteiger partial charge in [0.25, 0.3) is 0 Å². The van der Waals surface area contributed by atoms with E-state index in [-0.39, 0.29) is 0 Å². The minimum Gasteiger partial charge on any atom is -0.315 e. The zero-order valence-electron chi connectivity index (χ0n) is 10.7. The Kier molecular flexibility index (Phi) is 6.91. The summed E-state index contributed by atoms with van der Waals surface area (Å²) in [7, 11) is 0. The molecule has 0 heterocycles. The van der Waals surface area contributed by atoms with Crippen LogP contribution in [0.2, 0.25) is 0 Å². The summed E-state index contributed by atoms with van der Waals surface area (Å²) in [4.78, 5) is 0. The standard InChI is InChI=1S/C15H25N/c1-14(2)16-13-9-4-3-6-10-15-11-7-5-8-12-15/h5,7-8,11-12,14,16H,3-4,6,9-10,13H2,1-2H3. The van der Waals surface area contributed by atoms with E-state index in [1.54, 1.807) is 0 Å². The van der Waals surface area contributed by atoms with Crippen molar-refractivity contribution in [3.05, 3.63) is 35.9 Å². The van der Waals surface area contributed by atoms with E-state index in [9.17, 15) is 0 Å². The summed E-state index contributed by atoms with van der Waals surface area (Å²) in [6.45, 7) is 5.58. The average Bonchev–Trinajstić information content (AvgIpc) is 2.29. The maximum atomic E-state index is 3.45. The summed E-state index contributed by atoms with van der Waals surface area (Å²) in [5, 5.41) is 3.45. The molecule has 0 atom stereocenters. The second-order valence-electron chi connectivity index (χ2n) is 4.76. The Morgan fingerprint density at radius 3 is 2.31 bits per heavy atom. The number of benzene rings is 1. The van der Waals surface area contributed by atoms with Crippen LogP contribution in [-0.2, 0) is 6.42 Å². The highest BCUT2D eigenvalue weighted by atomic mass is 14.9. The highest BCUT2D eigenvalue weighted by Crippen LogP contribution is 2.07. The van der Waals surface area contributed by atoms with Crippen molar-refractivity contribution in [2.45, 2.75) is 52.0 Å². The normalized spacial score (nSPS) is 10.9. The van der Waals surface area contributed by atoms with E-state index in [1.165, 1.54) is 44.2 Å². The fourth-order valence-corrected chi connectivity index (χ4v) is 1.84. The summed E-state index contributed by atoms with van der Waals surface area (Å²) in [5.41, 5.74) is 1.47. The van der Waals surface area contributed by atoms with Gasteiger partial charge in [-0.1, -0.05) is 57.0 Å². The molecule has 0 fully saturated rings. The zero-order valence-corrected chi connectivity index (χ0v) is 10.7. The molecule has 0 aromatic heterocycles. The van der Waals surface area contributed by atoms with Crippen molar-refractivity contribution < 1.29 is 0 Å². The Labute approximate surface area is 100 Å². The summed E-state index contributed by atoms with van der Waals surface area (Å²) in [6, 6.07) is 11.4. The van der Waals surface area contributed by atoms with E-state index >= 15 is 0 Å². The second kappa shape index (κ2) is 8.35. The van der Waals surface area contributed by atoms with E-state index in [1.807, 2.05) is 0 Å². The van der Waals surface area contributed by atoms with Crippen molar-refractivity contribution >= 4 is 0 Å². The van der Waals surface area contributed by atoms with Crippen molar-refractivity contribution in [3.63, 3.8) is 0 Å². The molecule has 1 nitrogen and oxygen atoms in total. The number of aryl methyl sites for hydroxylation is 1. The third-order valence-electron chi connectivity index (χ3n) is 2.79. The predicted octanol–water partition coefficient (Wildman–Crippen LogP) is 3.79. The van der Waals surface area contributed by atoms with Gasteiger partial charge in [-0.3, -0.25) is 0 Å². The first kappa shape index (κ1) is 13.2. The first-order valence-electron chi connectivity index (χ1n) is 6.56. The van der Waals surface area contributed by atoms with Crippen LogP contribution in [0.4, 0.5) is 0 Å². The van der Waals surface area contributed by atoms with Gasteiger partial charge in [-0.15, -0.1) is 0 Å². The number of nitrogens with one attached hydrogen (secondary N) is 1. The van der Waals surface area contributed by atoms with E-state index in [2.05, 4.69) is 49.5 Å². The molecule has 0 aliphatic rings. The largest absolute Gasteiger partial charge is 0.315 e. The number of hydrogen-bond donors (Lipinski definition) is 1. The van der Waals surface area contributed by atoms with Crippen LogP contribution in [0.15, 0.2) is 30.3 Å².